The Kier molecular flexibility index (Phi) is 4.64. The fraction of sp³-hybridized carbons (Fsp3) is 0.370. The van der Waals surface area contributed by atoms with Crippen molar-refractivity contribution in [1.82, 2.24) is 4.98 Å². The number of amides is 2. The standard InChI is InChI=1S/C27H25N3O3S2/c1-29(2)14-10-8-13(9-11-14)18-19-16-12-17(22(19)34-24-23(18)35-27(33)28-24)21-20(16)25(31)30(26(21)32)15-6-4-3-5-7-15/h3-11,16-22H,12H2,1-2H3,(H,28,33)/t16?,17?,18-,19?,20?,21?,22?/m1/s1. The van der Waals surface area contributed by atoms with Crippen molar-refractivity contribution >= 4 is 46.3 Å². The van der Waals surface area contributed by atoms with Gasteiger partial charge in [0.05, 0.1) is 22.5 Å². The van der Waals surface area contributed by atoms with Crippen LogP contribution in [0.2, 0.25) is 0 Å². The van der Waals surface area contributed by atoms with E-state index in [1.165, 1.54) is 21.8 Å². The summed E-state index contributed by atoms with van der Waals surface area (Å²) in [7, 11) is 4.05. The van der Waals surface area contributed by atoms with Crippen LogP contribution in [0.5, 0.6) is 0 Å². The Morgan fingerprint density at radius 3 is 2.29 bits per heavy atom. The van der Waals surface area contributed by atoms with E-state index < -0.39 is 0 Å². The van der Waals surface area contributed by atoms with Crippen LogP contribution in [-0.2, 0) is 9.59 Å². The molecule has 6 unspecified atom stereocenters. The molecule has 4 aliphatic rings. The topological polar surface area (TPSA) is 73.5 Å². The molecule has 2 aliphatic carbocycles. The molecule has 0 radical (unpaired) electrons. The van der Waals surface area contributed by atoms with Gasteiger partial charge in [-0.2, -0.15) is 0 Å². The number of thiazole rings is 1. The number of H-pyrrole nitrogens is 1. The Labute approximate surface area is 211 Å². The summed E-state index contributed by atoms with van der Waals surface area (Å²) in [6.07, 6.45) is 0.906. The van der Waals surface area contributed by atoms with Crippen molar-refractivity contribution in [2.75, 3.05) is 23.9 Å². The van der Waals surface area contributed by atoms with Gasteiger partial charge in [0.15, 0.2) is 0 Å². The summed E-state index contributed by atoms with van der Waals surface area (Å²) in [5.41, 5.74) is 2.98. The number of hydrogen-bond acceptors (Lipinski definition) is 6. The van der Waals surface area contributed by atoms with Crippen molar-refractivity contribution in [3.8, 4) is 0 Å². The number of anilines is 2. The third-order valence-electron chi connectivity index (χ3n) is 8.51. The molecule has 3 fully saturated rings. The molecular weight excluding hydrogens is 478 g/mol. The first-order chi connectivity index (χ1) is 16.9. The molecule has 6 nitrogen and oxygen atoms in total. The van der Waals surface area contributed by atoms with Crippen LogP contribution >= 0.6 is 23.1 Å². The fourth-order valence-corrected chi connectivity index (χ4v) is 10.1. The third-order valence-corrected chi connectivity index (χ3v) is 11.1. The molecule has 7 rings (SSSR count). The number of aromatic amines is 1. The number of carbonyl (C=O) groups is 2. The van der Waals surface area contributed by atoms with E-state index in [0.29, 0.717) is 5.69 Å². The maximum Gasteiger partial charge on any atom is 0.305 e. The van der Waals surface area contributed by atoms with Crippen molar-refractivity contribution in [1.29, 1.82) is 0 Å². The number of rotatable bonds is 3. The van der Waals surface area contributed by atoms with Gasteiger partial charge in [-0.25, -0.2) is 0 Å². The second kappa shape index (κ2) is 7.58. The molecular formula is C27H25N3O3S2. The molecule has 7 atom stereocenters. The highest BCUT2D eigenvalue weighted by Gasteiger charge is 2.69. The van der Waals surface area contributed by atoms with Crippen LogP contribution in [0.15, 0.2) is 64.4 Å². The number of fused-ring (bicyclic) bond motifs is 9. The number of imide groups is 1. The molecule has 2 bridgehead atoms. The van der Waals surface area contributed by atoms with Crippen LogP contribution in [0.3, 0.4) is 0 Å². The largest absolute Gasteiger partial charge is 0.378 e. The summed E-state index contributed by atoms with van der Waals surface area (Å²) in [6.45, 7) is 0. The molecule has 2 amide bonds. The Bertz CT molecular complexity index is 1400. The molecule has 2 aromatic carbocycles. The molecule has 1 N–H and O–H groups in total. The summed E-state index contributed by atoms with van der Waals surface area (Å²) in [4.78, 5) is 47.3. The van der Waals surface area contributed by atoms with E-state index in [1.807, 2.05) is 44.4 Å². The van der Waals surface area contributed by atoms with E-state index in [2.05, 4.69) is 34.1 Å². The average molecular weight is 504 g/mol. The predicted octanol–water partition coefficient (Wildman–Crippen LogP) is 4.18. The van der Waals surface area contributed by atoms with Gasteiger partial charge >= 0.3 is 4.87 Å². The summed E-state index contributed by atoms with van der Waals surface area (Å²) in [5, 5.41) is 1.16. The van der Waals surface area contributed by atoms with E-state index in [0.717, 1.165) is 22.0 Å². The third kappa shape index (κ3) is 2.93. The zero-order valence-electron chi connectivity index (χ0n) is 19.4. The molecule has 8 heteroatoms. The highest BCUT2D eigenvalue weighted by Crippen LogP contribution is 2.68. The Hall–Kier alpha value is -2.84. The van der Waals surface area contributed by atoms with E-state index in [1.54, 1.807) is 11.8 Å². The number of hydrogen-bond donors (Lipinski definition) is 1. The van der Waals surface area contributed by atoms with Crippen LogP contribution in [-0.4, -0.2) is 36.1 Å². The summed E-state index contributed by atoms with van der Waals surface area (Å²) in [6, 6.07) is 17.9. The highest BCUT2D eigenvalue weighted by molar-refractivity contribution is 8.00. The Balaban J connectivity index is 1.32. The number of nitrogens with one attached hydrogen (secondary N) is 1. The lowest BCUT2D eigenvalue weighted by Gasteiger charge is -2.43. The molecule has 2 saturated carbocycles. The monoisotopic (exact) mass is 503 g/mol. The van der Waals surface area contributed by atoms with E-state index in [-0.39, 0.29) is 57.4 Å². The molecule has 1 saturated heterocycles. The molecule has 0 spiro atoms. The Morgan fingerprint density at radius 1 is 0.914 bits per heavy atom. The van der Waals surface area contributed by atoms with Crippen molar-refractivity contribution < 1.29 is 9.59 Å². The molecule has 178 valence electrons. The predicted molar refractivity (Wildman–Crippen MR) is 138 cm³/mol. The van der Waals surface area contributed by atoms with Crippen LogP contribution in [0.1, 0.15) is 22.8 Å². The molecule has 1 aromatic heterocycles. The minimum Gasteiger partial charge on any atom is -0.378 e. The number of benzene rings is 2. The molecule has 3 aromatic rings. The van der Waals surface area contributed by atoms with Gasteiger partial charge in [0.1, 0.15) is 0 Å². The maximum absolute atomic E-state index is 13.7. The first-order valence-electron chi connectivity index (χ1n) is 12.0. The zero-order chi connectivity index (χ0) is 24.0. The summed E-state index contributed by atoms with van der Waals surface area (Å²) in [5.74, 6) is -0.0580. The van der Waals surface area contributed by atoms with E-state index in [4.69, 9.17) is 0 Å². The number of nitrogens with zero attached hydrogens (tertiary/aromatic N) is 2. The van der Waals surface area contributed by atoms with Crippen LogP contribution in [0.25, 0.3) is 0 Å². The first-order valence-corrected chi connectivity index (χ1v) is 13.7. The quantitative estimate of drug-likeness (QED) is 0.543. The van der Waals surface area contributed by atoms with Gasteiger partial charge in [0.2, 0.25) is 11.8 Å². The van der Waals surface area contributed by atoms with Crippen LogP contribution in [0.4, 0.5) is 11.4 Å². The van der Waals surface area contributed by atoms with Crippen LogP contribution in [0, 0.1) is 29.6 Å². The van der Waals surface area contributed by atoms with Gasteiger partial charge in [0.25, 0.3) is 0 Å². The molecule has 2 aliphatic heterocycles. The van der Waals surface area contributed by atoms with E-state index >= 15 is 0 Å². The van der Waals surface area contributed by atoms with Crippen LogP contribution < -0.4 is 14.7 Å². The minimum atomic E-state index is -0.268. The Morgan fingerprint density at radius 2 is 1.60 bits per heavy atom. The zero-order valence-corrected chi connectivity index (χ0v) is 21.0. The lowest BCUT2D eigenvalue weighted by Crippen LogP contribution is -2.42. The van der Waals surface area contributed by atoms with Crippen molar-refractivity contribution in [2.45, 2.75) is 22.6 Å². The fourth-order valence-electron chi connectivity index (χ4n) is 7.20. The first kappa shape index (κ1) is 21.4. The second-order valence-corrected chi connectivity index (χ2v) is 12.5. The summed E-state index contributed by atoms with van der Waals surface area (Å²) < 4.78 is 0. The number of para-hydroxylation sites is 1. The smallest absolute Gasteiger partial charge is 0.305 e. The molecule has 3 heterocycles. The number of carbonyl (C=O) groups excluding carboxylic acids is 2. The minimum absolute atomic E-state index is 0.0349. The average Bonchev–Trinajstić information content (AvgIpc) is 3.58. The number of aromatic nitrogens is 1. The lowest BCUT2D eigenvalue weighted by atomic mass is 9.68. The van der Waals surface area contributed by atoms with Crippen molar-refractivity contribution in [3.05, 3.63) is 74.7 Å². The van der Waals surface area contributed by atoms with Gasteiger partial charge in [-0.1, -0.05) is 41.7 Å². The van der Waals surface area contributed by atoms with Crippen molar-refractivity contribution in [3.63, 3.8) is 0 Å². The highest BCUT2D eigenvalue weighted by atomic mass is 32.2. The maximum atomic E-state index is 13.7. The van der Waals surface area contributed by atoms with Gasteiger partial charge in [0, 0.05) is 35.8 Å². The lowest BCUT2D eigenvalue weighted by molar-refractivity contribution is -0.123. The second-order valence-electron chi connectivity index (χ2n) is 10.3. The van der Waals surface area contributed by atoms with Gasteiger partial charge in [-0.05, 0) is 54.0 Å². The van der Waals surface area contributed by atoms with E-state index in [9.17, 15) is 14.4 Å². The normalized spacial score (nSPS) is 32.5. The van der Waals surface area contributed by atoms with Gasteiger partial charge in [-0.15, -0.1) is 11.8 Å². The van der Waals surface area contributed by atoms with Gasteiger partial charge < -0.3 is 9.88 Å². The SMILES string of the molecule is CN(C)c1ccc([C@H]2c3sc(=O)[nH]c3SC3C4CC(C5C(=O)N(c6ccccc6)C(=O)C45)C32)cc1. The summed E-state index contributed by atoms with van der Waals surface area (Å²) >= 11 is 3.03. The van der Waals surface area contributed by atoms with Gasteiger partial charge in [-0.3, -0.25) is 19.3 Å². The number of thioether (sulfide) groups is 1. The van der Waals surface area contributed by atoms with Crippen molar-refractivity contribution in [2.24, 2.45) is 29.6 Å². The molecule has 35 heavy (non-hydrogen) atoms.